The van der Waals surface area contributed by atoms with E-state index >= 15 is 0 Å². The molecule has 0 radical (unpaired) electrons. The van der Waals surface area contributed by atoms with Gasteiger partial charge in [0.25, 0.3) is 0 Å². The van der Waals surface area contributed by atoms with Gasteiger partial charge in [0.15, 0.2) is 0 Å². The molecule has 1 aromatic heterocycles. The maximum absolute atomic E-state index is 5.89. The fourth-order valence-corrected chi connectivity index (χ4v) is 1.80. The number of benzene rings is 1. The molecule has 2 N–H and O–H groups in total. The predicted octanol–water partition coefficient (Wildman–Crippen LogP) is 3.86. The van der Waals surface area contributed by atoms with Gasteiger partial charge in [-0.3, -0.25) is 4.98 Å². The summed E-state index contributed by atoms with van der Waals surface area (Å²) < 4.78 is 5.74. The smallest absolute Gasteiger partial charge is 0.145 e. The van der Waals surface area contributed by atoms with Crippen LogP contribution in [0, 0.1) is 6.92 Å². The van der Waals surface area contributed by atoms with Gasteiger partial charge in [-0.15, -0.1) is 0 Å². The second-order valence-electron chi connectivity index (χ2n) is 4.22. The zero-order valence-electron chi connectivity index (χ0n) is 10.4. The summed E-state index contributed by atoms with van der Waals surface area (Å²) in [6, 6.07) is 9.16. The molecule has 2 rings (SSSR count). The van der Waals surface area contributed by atoms with Gasteiger partial charge < -0.3 is 10.5 Å². The molecule has 94 valence electrons. The van der Waals surface area contributed by atoms with Gasteiger partial charge in [0, 0.05) is 11.1 Å². The highest BCUT2D eigenvalue weighted by atomic mass is 35.5. The van der Waals surface area contributed by atoms with E-state index < -0.39 is 0 Å². The van der Waals surface area contributed by atoms with Crippen molar-refractivity contribution >= 4 is 11.6 Å². The molecule has 4 heteroatoms. The summed E-state index contributed by atoms with van der Waals surface area (Å²) in [4.78, 5) is 4.25. The Balaban J connectivity index is 2.18. The minimum atomic E-state index is -0.0729. The summed E-state index contributed by atoms with van der Waals surface area (Å²) in [5.41, 5.74) is 7.57. The van der Waals surface area contributed by atoms with Gasteiger partial charge in [0.1, 0.15) is 11.5 Å². The molecule has 1 heterocycles. The Hall–Kier alpha value is -1.58. The molecule has 0 spiro atoms. The highest BCUT2D eigenvalue weighted by Crippen LogP contribution is 2.27. The van der Waals surface area contributed by atoms with Crippen molar-refractivity contribution in [3.63, 3.8) is 0 Å². The second-order valence-corrected chi connectivity index (χ2v) is 4.66. The fraction of sp³-hybridized carbons (Fsp3) is 0.214. The molecule has 3 nitrogen and oxygen atoms in total. The summed E-state index contributed by atoms with van der Waals surface area (Å²) >= 11 is 5.89. The Kier molecular flexibility index (Phi) is 3.84. The lowest BCUT2D eigenvalue weighted by atomic mass is 10.2. The largest absolute Gasteiger partial charge is 0.455 e. The molecule has 0 bridgehead atoms. The number of ether oxygens (including phenoxy) is 1. The van der Waals surface area contributed by atoms with E-state index in [9.17, 15) is 0 Å². The van der Waals surface area contributed by atoms with Crippen LogP contribution < -0.4 is 10.5 Å². The van der Waals surface area contributed by atoms with Crippen LogP contribution in [0.4, 0.5) is 0 Å². The molecule has 1 aromatic carbocycles. The van der Waals surface area contributed by atoms with Crippen LogP contribution in [0.15, 0.2) is 36.5 Å². The Labute approximate surface area is 112 Å². The van der Waals surface area contributed by atoms with E-state index in [1.54, 1.807) is 12.3 Å². The normalized spacial score (nSPS) is 12.2. The van der Waals surface area contributed by atoms with Crippen molar-refractivity contribution in [2.75, 3.05) is 0 Å². The minimum absolute atomic E-state index is 0.0729. The van der Waals surface area contributed by atoms with Crippen LogP contribution in [0.3, 0.4) is 0 Å². The van der Waals surface area contributed by atoms with Crippen LogP contribution in [0.2, 0.25) is 5.02 Å². The number of nitrogens with two attached hydrogens (primary N) is 1. The van der Waals surface area contributed by atoms with Gasteiger partial charge in [0.2, 0.25) is 0 Å². The SMILES string of the molecule is Cc1cc(Cl)ccc1Oc1ccc([C@@H](C)N)nc1. The number of pyridine rings is 1. The summed E-state index contributed by atoms with van der Waals surface area (Å²) in [5.74, 6) is 1.46. The van der Waals surface area contributed by atoms with Gasteiger partial charge >= 0.3 is 0 Å². The average molecular weight is 263 g/mol. The Morgan fingerprint density at radius 2 is 2.06 bits per heavy atom. The van der Waals surface area contributed by atoms with Crippen molar-refractivity contribution in [2.45, 2.75) is 19.9 Å². The first-order valence-corrected chi connectivity index (χ1v) is 6.09. The molecule has 1 atom stereocenters. The van der Waals surface area contributed by atoms with Gasteiger partial charge in [0.05, 0.1) is 11.9 Å². The van der Waals surface area contributed by atoms with Crippen LogP contribution in [0.5, 0.6) is 11.5 Å². The van der Waals surface area contributed by atoms with Crippen molar-refractivity contribution in [3.05, 3.63) is 52.8 Å². The van der Waals surface area contributed by atoms with Crippen molar-refractivity contribution in [2.24, 2.45) is 5.73 Å². The number of aryl methyl sites for hydroxylation is 1. The molecule has 0 fully saturated rings. The minimum Gasteiger partial charge on any atom is -0.455 e. The standard InChI is InChI=1S/C14H15ClN2O/c1-9-7-11(15)3-6-14(9)18-12-4-5-13(10(2)16)17-8-12/h3-8,10H,16H2,1-2H3/t10-/m1/s1. The van der Waals surface area contributed by atoms with Gasteiger partial charge in [-0.1, -0.05) is 11.6 Å². The molecule has 0 amide bonds. The third-order valence-corrected chi connectivity index (χ3v) is 2.83. The fourth-order valence-electron chi connectivity index (χ4n) is 1.58. The topological polar surface area (TPSA) is 48.1 Å². The van der Waals surface area contributed by atoms with Gasteiger partial charge in [-0.05, 0) is 49.7 Å². The highest BCUT2D eigenvalue weighted by molar-refractivity contribution is 6.30. The number of halogens is 1. The molecule has 0 aliphatic carbocycles. The first-order chi connectivity index (χ1) is 8.56. The molecule has 2 aromatic rings. The van der Waals surface area contributed by atoms with E-state index in [1.807, 2.05) is 38.1 Å². The number of nitrogens with zero attached hydrogens (tertiary/aromatic N) is 1. The monoisotopic (exact) mass is 262 g/mol. The number of aromatic nitrogens is 1. The summed E-state index contributed by atoms with van der Waals surface area (Å²) in [5, 5.41) is 0.699. The maximum Gasteiger partial charge on any atom is 0.145 e. The number of hydrogen-bond acceptors (Lipinski definition) is 3. The lowest BCUT2D eigenvalue weighted by Crippen LogP contribution is -2.06. The van der Waals surface area contributed by atoms with Gasteiger partial charge in [-0.25, -0.2) is 0 Å². The zero-order chi connectivity index (χ0) is 13.1. The van der Waals surface area contributed by atoms with Gasteiger partial charge in [-0.2, -0.15) is 0 Å². The van der Waals surface area contributed by atoms with E-state index in [-0.39, 0.29) is 6.04 Å². The molecule has 0 saturated carbocycles. The quantitative estimate of drug-likeness (QED) is 0.914. The van der Waals surface area contributed by atoms with Crippen molar-refractivity contribution < 1.29 is 4.74 Å². The lowest BCUT2D eigenvalue weighted by Gasteiger charge is -2.10. The third-order valence-electron chi connectivity index (χ3n) is 2.59. The third kappa shape index (κ3) is 3.00. The first kappa shape index (κ1) is 12.9. The molecular weight excluding hydrogens is 248 g/mol. The Morgan fingerprint density at radius 1 is 1.28 bits per heavy atom. The lowest BCUT2D eigenvalue weighted by molar-refractivity contribution is 0.475. The van der Waals surface area contributed by atoms with Crippen LogP contribution in [-0.2, 0) is 0 Å². The van der Waals surface area contributed by atoms with E-state index in [0.717, 1.165) is 17.0 Å². The molecular formula is C14H15ClN2O. The van der Waals surface area contributed by atoms with Crippen LogP contribution in [-0.4, -0.2) is 4.98 Å². The maximum atomic E-state index is 5.89. The number of hydrogen-bond donors (Lipinski definition) is 1. The van der Waals surface area contributed by atoms with Crippen molar-refractivity contribution in [1.29, 1.82) is 0 Å². The van der Waals surface area contributed by atoms with E-state index in [0.29, 0.717) is 10.8 Å². The molecule has 18 heavy (non-hydrogen) atoms. The highest BCUT2D eigenvalue weighted by Gasteiger charge is 2.04. The molecule has 0 saturated heterocycles. The molecule has 0 aliphatic heterocycles. The summed E-state index contributed by atoms with van der Waals surface area (Å²) in [6.07, 6.45) is 1.67. The Bertz CT molecular complexity index is 538. The predicted molar refractivity (Wildman–Crippen MR) is 73.1 cm³/mol. The van der Waals surface area contributed by atoms with Crippen LogP contribution in [0.1, 0.15) is 24.2 Å². The zero-order valence-corrected chi connectivity index (χ0v) is 11.1. The van der Waals surface area contributed by atoms with Crippen molar-refractivity contribution in [1.82, 2.24) is 4.98 Å². The first-order valence-electron chi connectivity index (χ1n) is 5.72. The Morgan fingerprint density at radius 3 is 2.61 bits per heavy atom. The molecule has 0 unspecified atom stereocenters. The van der Waals surface area contributed by atoms with Crippen LogP contribution in [0.25, 0.3) is 0 Å². The molecule has 0 aliphatic rings. The van der Waals surface area contributed by atoms with E-state index in [2.05, 4.69) is 4.98 Å². The van der Waals surface area contributed by atoms with E-state index in [1.165, 1.54) is 0 Å². The summed E-state index contributed by atoms with van der Waals surface area (Å²) in [7, 11) is 0. The second kappa shape index (κ2) is 5.38. The summed E-state index contributed by atoms with van der Waals surface area (Å²) in [6.45, 7) is 3.84. The average Bonchev–Trinajstić information content (AvgIpc) is 2.33. The van der Waals surface area contributed by atoms with E-state index in [4.69, 9.17) is 22.1 Å². The van der Waals surface area contributed by atoms with Crippen LogP contribution >= 0.6 is 11.6 Å². The van der Waals surface area contributed by atoms with Crippen molar-refractivity contribution in [3.8, 4) is 11.5 Å². The number of rotatable bonds is 3.